The van der Waals surface area contributed by atoms with Gasteiger partial charge in [0.15, 0.2) is 0 Å². The topological polar surface area (TPSA) is 75.9 Å². The van der Waals surface area contributed by atoms with Gasteiger partial charge in [0.05, 0.1) is 0 Å². The Morgan fingerprint density at radius 3 is 2.50 bits per heavy atom. The zero-order chi connectivity index (χ0) is 12.3. The summed E-state index contributed by atoms with van der Waals surface area (Å²) in [6.07, 6.45) is 4.36. The second-order valence-electron chi connectivity index (χ2n) is 5.90. The van der Waals surface area contributed by atoms with E-state index in [1.165, 1.54) is 19.3 Å². The van der Waals surface area contributed by atoms with E-state index in [-0.39, 0.29) is 0 Å². The maximum Gasteiger partial charge on any atom is 0.223 e. The smallest absolute Gasteiger partial charge is 0.223 e. The van der Waals surface area contributed by atoms with Crippen molar-refractivity contribution in [2.45, 2.75) is 25.3 Å². The molecule has 3 fully saturated rings. The predicted octanol–water partition coefficient (Wildman–Crippen LogP) is 1.56. The minimum Gasteiger partial charge on any atom is -0.373 e. The normalized spacial score (nSPS) is 39.5. The van der Waals surface area contributed by atoms with Crippen LogP contribution in [0.4, 0.5) is 17.6 Å². The molecule has 0 radical (unpaired) electrons. The Morgan fingerprint density at radius 2 is 1.83 bits per heavy atom. The maximum atomic E-state index is 5.71. The molecular formula is C13H19N5. The van der Waals surface area contributed by atoms with Crippen LogP contribution in [0.2, 0.25) is 0 Å². The number of anilines is 3. The summed E-state index contributed by atoms with van der Waals surface area (Å²) in [6, 6.07) is 2.57. The fraction of sp³-hybridized carbons (Fsp3) is 0.692. The van der Waals surface area contributed by atoms with Crippen LogP contribution in [0.1, 0.15) is 19.3 Å². The molecule has 3 saturated carbocycles. The highest BCUT2D eigenvalue weighted by atomic mass is 15.2. The van der Waals surface area contributed by atoms with Gasteiger partial charge in [0.25, 0.3) is 0 Å². The number of nitrogens with zero attached hydrogens (tertiary/aromatic N) is 2. The lowest BCUT2D eigenvalue weighted by molar-refractivity contribution is 0.456. The third-order valence-electron chi connectivity index (χ3n) is 5.05. The molecule has 0 saturated heterocycles. The second kappa shape index (κ2) is 3.49. The standard InChI is InChI=1S/C13H19N5/c1-15-8-5-9(18-13(14)17-8)16-12-10-6-2-3-7(4-6)11(10)12/h5-7,10-12H,2-4H2,1H3,(H4,14,15,16,17,18). The number of nitrogens with one attached hydrogen (secondary N) is 2. The first-order valence-corrected chi connectivity index (χ1v) is 6.85. The molecule has 2 bridgehead atoms. The van der Waals surface area contributed by atoms with Crippen molar-refractivity contribution >= 4 is 17.6 Å². The quantitative estimate of drug-likeness (QED) is 0.753. The first kappa shape index (κ1) is 10.4. The highest BCUT2D eigenvalue weighted by Gasteiger charge is 2.65. The van der Waals surface area contributed by atoms with E-state index >= 15 is 0 Å². The van der Waals surface area contributed by atoms with E-state index in [4.69, 9.17) is 5.73 Å². The van der Waals surface area contributed by atoms with Gasteiger partial charge in [0.2, 0.25) is 5.95 Å². The lowest BCUT2D eigenvalue weighted by atomic mass is 10.0. The van der Waals surface area contributed by atoms with E-state index < -0.39 is 0 Å². The molecule has 96 valence electrons. The van der Waals surface area contributed by atoms with Crippen molar-refractivity contribution in [1.29, 1.82) is 0 Å². The first-order valence-electron chi connectivity index (χ1n) is 6.85. The van der Waals surface area contributed by atoms with Crippen LogP contribution in [0.3, 0.4) is 0 Å². The van der Waals surface area contributed by atoms with Crippen LogP contribution in [0.25, 0.3) is 0 Å². The van der Waals surface area contributed by atoms with Crippen LogP contribution < -0.4 is 16.4 Å². The molecule has 5 heteroatoms. The van der Waals surface area contributed by atoms with Crippen LogP contribution in [-0.4, -0.2) is 23.1 Å². The summed E-state index contributed by atoms with van der Waals surface area (Å²) in [6.45, 7) is 0. The van der Waals surface area contributed by atoms with Crippen molar-refractivity contribution in [3.8, 4) is 0 Å². The third kappa shape index (κ3) is 1.39. The Kier molecular flexibility index (Phi) is 2.02. The van der Waals surface area contributed by atoms with Crippen LogP contribution in [0.5, 0.6) is 0 Å². The van der Waals surface area contributed by atoms with Gasteiger partial charge in [-0.15, -0.1) is 0 Å². The van der Waals surface area contributed by atoms with Gasteiger partial charge < -0.3 is 16.4 Å². The minimum atomic E-state index is 0.332. The molecule has 4 rings (SSSR count). The monoisotopic (exact) mass is 245 g/mol. The molecule has 1 aromatic heterocycles. The fourth-order valence-electron chi connectivity index (χ4n) is 4.36. The van der Waals surface area contributed by atoms with Crippen molar-refractivity contribution in [2.24, 2.45) is 23.7 Å². The summed E-state index contributed by atoms with van der Waals surface area (Å²) in [5, 5.41) is 6.57. The molecule has 5 nitrogen and oxygen atoms in total. The number of nitrogen functional groups attached to an aromatic ring is 1. The van der Waals surface area contributed by atoms with Gasteiger partial charge in [0, 0.05) is 19.2 Å². The maximum absolute atomic E-state index is 5.71. The van der Waals surface area contributed by atoms with Crippen LogP contribution in [0, 0.1) is 23.7 Å². The molecule has 18 heavy (non-hydrogen) atoms. The number of hydrogen-bond acceptors (Lipinski definition) is 5. The Bertz CT molecular complexity index is 472. The Hall–Kier alpha value is -1.52. The first-order chi connectivity index (χ1) is 8.76. The Morgan fingerprint density at radius 1 is 1.17 bits per heavy atom. The molecule has 0 spiro atoms. The van der Waals surface area contributed by atoms with Gasteiger partial charge in [-0.3, -0.25) is 0 Å². The number of rotatable bonds is 3. The average Bonchev–Trinajstić information content (AvgIpc) is 2.76. The van der Waals surface area contributed by atoms with Crippen LogP contribution >= 0.6 is 0 Å². The Balaban J connectivity index is 1.51. The van der Waals surface area contributed by atoms with Crippen LogP contribution in [-0.2, 0) is 0 Å². The van der Waals surface area contributed by atoms with Crippen molar-refractivity contribution in [1.82, 2.24) is 9.97 Å². The highest BCUT2D eigenvalue weighted by Crippen LogP contribution is 2.66. The van der Waals surface area contributed by atoms with Crippen molar-refractivity contribution in [3.63, 3.8) is 0 Å². The number of aromatic nitrogens is 2. The van der Waals surface area contributed by atoms with Gasteiger partial charge in [-0.05, 0) is 42.9 Å². The molecule has 0 amide bonds. The number of nitrogens with two attached hydrogens (primary N) is 1. The van der Waals surface area contributed by atoms with Gasteiger partial charge in [-0.2, -0.15) is 9.97 Å². The fourth-order valence-corrected chi connectivity index (χ4v) is 4.36. The Labute approximate surface area is 107 Å². The summed E-state index contributed by atoms with van der Waals surface area (Å²) in [5.74, 6) is 5.72. The summed E-state index contributed by atoms with van der Waals surface area (Å²) >= 11 is 0. The molecule has 4 atom stereocenters. The van der Waals surface area contributed by atoms with E-state index in [0.29, 0.717) is 12.0 Å². The average molecular weight is 245 g/mol. The molecule has 4 N–H and O–H groups in total. The zero-order valence-corrected chi connectivity index (χ0v) is 10.6. The molecule has 1 heterocycles. The van der Waals surface area contributed by atoms with Crippen molar-refractivity contribution < 1.29 is 0 Å². The molecule has 1 aromatic rings. The number of fused-ring (bicyclic) bond motifs is 5. The van der Waals surface area contributed by atoms with Gasteiger partial charge in [-0.1, -0.05) is 0 Å². The molecule has 0 aromatic carbocycles. The third-order valence-corrected chi connectivity index (χ3v) is 5.05. The molecule has 4 unspecified atom stereocenters. The van der Waals surface area contributed by atoms with Crippen molar-refractivity contribution in [3.05, 3.63) is 6.07 Å². The zero-order valence-electron chi connectivity index (χ0n) is 10.6. The van der Waals surface area contributed by atoms with E-state index in [2.05, 4.69) is 20.6 Å². The largest absolute Gasteiger partial charge is 0.373 e. The minimum absolute atomic E-state index is 0.332. The number of hydrogen-bond donors (Lipinski definition) is 3. The molecule has 0 aliphatic heterocycles. The van der Waals surface area contributed by atoms with Gasteiger partial charge in [-0.25, -0.2) is 0 Å². The molecule has 3 aliphatic carbocycles. The lowest BCUT2D eigenvalue weighted by Gasteiger charge is -2.12. The molecular weight excluding hydrogens is 226 g/mol. The SMILES string of the molecule is CNc1cc(NC2C3C4CCC(C4)C23)nc(N)n1. The summed E-state index contributed by atoms with van der Waals surface area (Å²) in [4.78, 5) is 8.39. The van der Waals surface area contributed by atoms with E-state index in [1.54, 1.807) is 0 Å². The molecule has 3 aliphatic rings. The van der Waals surface area contributed by atoms with Crippen molar-refractivity contribution in [2.75, 3.05) is 23.4 Å². The van der Waals surface area contributed by atoms with E-state index in [0.717, 1.165) is 35.3 Å². The van der Waals surface area contributed by atoms with E-state index in [1.807, 2.05) is 13.1 Å². The summed E-state index contributed by atoms with van der Waals surface area (Å²) in [5.41, 5.74) is 5.71. The van der Waals surface area contributed by atoms with Crippen LogP contribution in [0.15, 0.2) is 6.07 Å². The van der Waals surface area contributed by atoms with Gasteiger partial charge >= 0.3 is 0 Å². The van der Waals surface area contributed by atoms with Gasteiger partial charge in [0.1, 0.15) is 11.6 Å². The lowest BCUT2D eigenvalue weighted by Crippen LogP contribution is -2.14. The summed E-state index contributed by atoms with van der Waals surface area (Å²) < 4.78 is 0. The van der Waals surface area contributed by atoms with E-state index in [9.17, 15) is 0 Å². The second-order valence-corrected chi connectivity index (χ2v) is 5.90. The summed E-state index contributed by atoms with van der Waals surface area (Å²) in [7, 11) is 1.84. The highest BCUT2D eigenvalue weighted by molar-refractivity contribution is 5.52. The predicted molar refractivity (Wildman–Crippen MR) is 71.2 cm³/mol.